The lowest BCUT2D eigenvalue weighted by atomic mass is 10.3. The van der Waals surface area contributed by atoms with Crippen LogP contribution in [0.25, 0.3) is 0 Å². The smallest absolute Gasteiger partial charge is 0.239 e. The fourth-order valence-electron chi connectivity index (χ4n) is 1.29. The van der Waals surface area contributed by atoms with E-state index in [0.717, 1.165) is 15.6 Å². The minimum absolute atomic E-state index is 0.202. The molecule has 1 heterocycles. The van der Waals surface area contributed by atoms with Crippen molar-refractivity contribution in [3.05, 3.63) is 15.6 Å². The van der Waals surface area contributed by atoms with E-state index < -0.39 is 6.04 Å². The third-order valence-electron chi connectivity index (χ3n) is 2.11. The van der Waals surface area contributed by atoms with E-state index in [1.165, 1.54) is 7.11 Å². The van der Waals surface area contributed by atoms with Gasteiger partial charge in [0.05, 0.1) is 23.9 Å². The number of amides is 1. The molecular weight excluding hydrogens is 226 g/mol. The van der Waals surface area contributed by atoms with Crippen LogP contribution in [0, 0.1) is 13.8 Å². The lowest BCUT2D eigenvalue weighted by Gasteiger charge is -2.10. The summed E-state index contributed by atoms with van der Waals surface area (Å²) < 4.78 is 4.81. The van der Waals surface area contributed by atoms with Crippen LogP contribution in [0.5, 0.6) is 0 Å². The van der Waals surface area contributed by atoms with Crippen LogP contribution in [-0.4, -0.2) is 30.6 Å². The van der Waals surface area contributed by atoms with Gasteiger partial charge in [-0.25, -0.2) is 4.98 Å². The van der Waals surface area contributed by atoms with Crippen molar-refractivity contribution in [2.75, 3.05) is 13.7 Å². The topological polar surface area (TPSA) is 77.2 Å². The summed E-state index contributed by atoms with van der Waals surface area (Å²) >= 11 is 1.58. The Morgan fingerprint density at radius 1 is 1.62 bits per heavy atom. The maximum absolute atomic E-state index is 11.5. The Hall–Kier alpha value is -0.980. The summed E-state index contributed by atoms with van der Waals surface area (Å²) in [7, 11) is 1.52. The van der Waals surface area contributed by atoms with E-state index in [2.05, 4.69) is 10.3 Å². The first-order valence-corrected chi connectivity index (χ1v) is 5.81. The second kappa shape index (κ2) is 5.93. The molecule has 0 saturated carbocycles. The first-order valence-electron chi connectivity index (χ1n) is 4.99. The van der Waals surface area contributed by atoms with Gasteiger partial charge in [0, 0.05) is 12.0 Å². The van der Waals surface area contributed by atoms with Crippen LogP contribution in [0.2, 0.25) is 0 Å². The fraction of sp³-hybridized carbons (Fsp3) is 0.600. The maximum atomic E-state index is 11.5. The molecule has 1 atom stereocenters. The summed E-state index contributed by atoms with van der Waals surface area (Å²) in [5.41, 5.74) is 6.55. The Bertz CT molecular complexity index is 365. The zero-order valence-electron chi connectivity index (χ0n) is 9.74. The molecule has 1 aromatic rings. The van der Waals surface area contributed by atoms with Crippen LogP contribution in [0.15, 0.2) is 0 Å². The molecule has 1 rings (SSSR count). The summed E-state index contributed by atoms with van der Waals surface area (Å²) in [5, 5.41) is 3.77. The molecule has 1 aromatic heterocycles. The average Bonchev–Trinajstić information content (AvgIpc) is 2.54. The largest absolute Gasteiger partial charge is 0.383 e. The minimum atomic E-state index is -0.612. The number of aryl methyl sites for hydroxylation is 2. The molecule has 16 heavy (non-hydrogen) atoms. The second-order valence-electron chi connectivity index (χ2n) is 3.52. The molecule has 0 aliphatic rings. The number of hydrogen-bond acceptors (Lipinski definition) is 5. The Balaban J connectivity index is 2.45. The molecule has 0 aliphatic heterocycles. The zero-order chi connectivity index (χ0) is 12.1. The van der Waals surface area contributed by atoms with Crippen LogP contribution in [0.4, 0.5) is 0 Å². The van der Waals surface area contributed by atoms with E-state index in [4.69, 9.17) is 10.5 Å². The number of nitrogens with two attached hydrogens (primary N) is 1. The second-order valence-corrected chi connectivity index (χ2v) is 4.81. The summed E-state index contributed by atoms with van der Waals surface area (Å²) in [4.78, 5) is 16.8. The molecule has 0 aliphatic carbocycles. The summed E-state index contributed by atoms with van der Waals surface area (Å²) in [6.07, 6.45) is 0. The molecule has 0 fully saturated rings. The van der Waals surface area contributed by atoms with Crippen molar-refractivity contribution in [3.8, 4) is 0 Å². The van der Waals surface area contributed by atoms with E-state index in [-0.39, 0.29) is 12.5 Å². The highest BCUT2D eigenvalue weighted by molar-refractivity contribution is 7.11. The normalized spacial score (nSPS) is 12.5. The molecule has 5 nitrogen and oxygen atoms in total. The third-order valence-corrected chi connectivity index (χ3v) is 3.18. The van der Waals surface area contributed by atoms with E-state index >= 15 is 0 Å². The first-order chi connectivity index (χ1) is 7.54. The van der Waals surface area contributed by atoms with Gasteiger partial charge in [-0.15, -0.1) is 11.3 Å². The van der Waals surface area contributed by atoms with Gasteiger partial charge in [-0.2, -0.15) is 0 Å². The van der Waals surface area contributed by atoms with Gasteiger partial charge in [-0.1, -0.05) is 0 Å². The van der Waals surface area contributed by atoms with Gasteiger partial charge in [0.25, 0.3) is 0 Å². The number of methoxy groups -OCH3 is 1. The lowest BCUT2D eigenvalue weighted by molar-refractivity contribution is -0.123. The van der Waals surface area contributed by atoms with E-state index in [9.17, 15) is 4.79 Å². The fourth-order valence-corrected chi connectivity index (χ4v) is 2.17. The van der Waals surface area contributed by atoms with Gasteiger partial charge in [-0.3, -0.25) is 4.79 Å². The standard InChI is InChI=1S/C10H17N3O2S/c1-6-9(16-7(2)13-6)4-12-10(14)8(11)5-15-3/h8H,4-5,11H2,1-3H3,(H,12,14). The van der Waals surface area contributed by atoms with Crippen LogP contribution in [0.3, 0.4) is 0 Å². The van der Waals surface area contributed by atoms with Gasteiger partial charge in [-0.05, 0) is 13.8 Å². The summed E-state index contributed by atoms with van der Waals surface area (Å²) in [5.74, 6) is -0.202. The molecule has 0 saturated heterocycles. The lowest BCUT2D eigenvalue weighted by Crippen LogP contribution is -2.43. The number of carbonyl (C=O) groups excluding carboxylic acids is 1. The average molecular weight is 243 g/mol. The minimum Gasteiger partial charge on any atom is -0.383 e. The van der Waals surface area contributed by atoms with E-state index in [1.54, 1.807) is 11.3 Å². The highest BCUT2D eigenvalue weighted by Gasteiger charge is 2.13. The van der Waals surface area contributed by atoms with Gasteiger partial charge < -0.3 is 15.8 Å². The van der Waals surface area contributed by atoms with Crippen molar-refractivity contribution in [1.29, 1.82) is 0 Å². The SMILES string of the molecule is COCC(N)C(=O)NCc1sc(C)nc1C. The summed E-state index contributed by atoms with van der Waals surface area (Å²) in [6.45, 7) is 4.58. The van der Waals surface area contributed by atoms with Crippen molar-refractivity contribution in [3.63, 3.8) is 0 Å². The molecular formula is C10H17N3O2S. The number of thiazole rings is 1. The maximum Gasteiger partial charge on any atom is 0.239 e. The number of carbonyl (C=O) groups is 1. The molecule has 0 spiro atoms. The van der Waals surface area contributed by atoms with Crippen molar-refractivity contribution in [2.24, 2.45) is 5.73 Å². The van der Waals surface area contributed by atoms with E-state index in [0.29, 0.717) is 6.54 Å². The zero-order valence-corrected chi connectivity index (χ0v) is 10.6. The van der Waals surface area contributed by atoms with Gasteiger partial charge in [0.15, 0.2) is 0 Å². The van der Waals surface area contributed by atoms with Gasteiger partial charge >= 0.3 is 0 Å². The van der Waals surface area contributed by atoms with Gasteiger partial charge in [0.2, 0.25) is 5.91 Å². The molecule has 3 N–H and O–H groups in total. The third kappa shape index (κ3) is 3.55. The first kappa shape index (κ1) is 13.1. The molecule has 0 radical (unpaired) electrons. The molecule has 0 bridgehead atoms. The van der Waals surface area contributed by atoms with Crippen LogP contribution in [-0.2, 0) is 16.1 Å². The molecule has 1 amide bonds. The molecule has 1 unspecified atom stereocenters. The Morgan fingerprint density at radius 2 is 2.31 bits per heavy atom. The predicted octanol–water partition coefficient (Wildman–Crippen LogP) is 0.350. The van der Waals surface area contributed by atoms with Crippen LogP contribution < -0.4 is 11.1 Å². The molecule has 90 valence electrons. The van der Waals surface area contributed by atoms with Crippen molar-refractivity contribution < 1.29 is 9.53 Å². The molecule has 0 aromatic carbocycles. The summed E-state index contributed by atoms with van der Waals surface area (Å²) in [6, 6.07) is -0.612. The van der Waals surface area contributed by atoms with Crippen molar-refractivity contribution in [1.82, 2.24) is 10.3 Å². The molecule has 6 heteroatoms. The van der Waals surface area contributed by atoms with Crippen molar-refractivity contribution in [2.45, 2.75) is 26.4 Å². The number of aromatic nitrogens is 1. The highest BCUT2D eigenvalue weighted by Crippen LogP contribution is 2.16. The number of nitrogens with zero attached hydrogens (tertiary/aromatic N) is 1. The van der Waals surface area contributed by atoms with E-state index in [1.807, 2.05) is 13.8 Å². The number of ether oxygens (including phenoxy) is 1. The number of nitrogens with one attached hydrogen (secondary N) is 1. The Labute approximate surface area is 99.0 Å². The predicted molar refractivity (Wildman–Crippen MR) is 63.3 cm³/mol. The highest BCUT2D eigenvalue weighted by atomic mass is 32.1. The number of hydrogen-bond donors (Lipinski definition) is 2. The van der Waals surface area contributed by atoms with Crippen molar-refractivity contribution >= 4 is 17.2 Å². The monoisotopic (exact) mass is 243 g/mol. The van der Waals surface area contributed by atoms with Gasteiger partial charge in [0.1, 0.15) is 6.04 Å². The Morgan fingerprint density at radius 3 is 2.81 bits per heavy atom. The number of rotatable bonds is 5. The van der Waals surface area contributed by atoms with Crippen LogP contribution in [0.1, 0.15) is 15.6 Å². The quantitative estimate of drug-likeness (QED) is 0.782. The van der Waals surface area contributed by atoms with Crippen LogP contribution >= 0.6 is 11.3 Å². The Kier molecular flexibility index (Phi) is 4.85.